The van der Waals surface area contributed by atoms with E-state index in [-0.39, 0.29) is 21.7 Å². The Kier molecular flexibility index (Phi) is 5.76. The van der Waals surface area contributed by atoms with E-state index < -0.39 is 17.4 Å². The summed E-state index contributed by atoms with van der Waals surface area (Å²) in [5, 5.41) is 0.215. The van der Waals surface area contributed by atoms with Crippen LogP contribution in [-0.2, 0) is 16.6 Å². The number of halogens is 3. The van der Waals surface area contributed by atoms with Gasteiger partial charge in [0.2, 0.25) is 0 Å². The van der Waals surface area contributed by atoms with Gasteiger partial charge in [-0.3, -0.25) is 9.19 Å². The molecule has 0 aliphatic carbocycles. The van der Waals surface area contributed by atoms with Gasteiger partial charge in [-0.15, -0.1) is 0 Å². The first-order valence-corrected chi connectivity index (χ1v) is 9.21. The lowest BCUT2D eigenvalue weighted by atomic mass is 10.3. The van der Waals surface area contributed by atoms with Crippen molar-refractivity contribution in [1.29, 1.82) is 0 Å². The zero-order valence-electron chi connectivity index (χ0n) is 14.2. The largest absolute Gasteiger partial charge is 0.493 e. The molecule has 1 unspecified atom stereocenters. The molecule has 0 aliphatic heterocycles. The van der Waals surface area contributed by atoms with Crippen molar-refractivity contribution in [2.24, 2.45) is 0 Å². The van der Waals surface area contributed by atoms with Gasteiger partial charge in [0.15, 0.2) is 16.7 Å². The van der Waals surface area contributed by atoms with E-state index in [1.165, 1.54) is 32.5 Å². The first-order valence-electron chi connectivity index (χ1n) is 7.51. The van der Waals surface area contributed by atoms with E-state index in [1.807, 2.05) is 0 Å². The molecule has 1 atom stereocenters. The van der Waals surface area contributed by atoms with Crippen LogP contribution in [0.1, 0.15) is 5.69 Å². The van der Waals surface area contributed by atoms with Crippen LogP contribution in [0.4, 0.5) is 8.78 Å². The number of H-pyrrole nitrogens is 1. The minimum absolute atomic E-state index is 0.00178. The lowest BCUT2D eigenvalue weighted by Gasteiger charge is -2.10. The smallest absolute Gasteiger partial charge is 0.387 e. The average molecular weight is 418 g/mol. The van der Waals surface area contributed by atoms with Crippen LogP contribution in [-0.4, -0.2) is 40.0 Å². The Hall–Kier alpha value is -2.46. The number of methoxy groups -OCH3 is 2. The van der Waals surface area contributed by atoms with E-state index in [9.17, 15) is 13.0 Å². The Morgan fingerprint density at radius 2 is 2.07 bits per heavy atom. The summed E-state index contributed by atoms with van der Waals surface area (Å²) < 4.78 is 52.3. The number of hydrogen-bond donors (Lipinski definition) is 1. The van der Waals surface area contributed by atoms with Gasteiger partial charge in [0.25, 0.3) is 0 Å². The van der Waals surface area contributed by atoms with E-state index in [0.29, 0.717) is 28.2 Å². The highest BCUT2D eigenvalue weighted by Gasteiger charge is 2.19. The number of pyridine rings is 1. The summed E-state index contributed by atoms with van der Waals surface area (Å²) in [5.41, 5.74) is 1.04. The summed E-state index contributed by atoms with van der Waals surface area (Å²) in [6, 6.07) is 4.15. The van der Waals surface area contributed by atoms with Gasteiger partial charge in [-0.1, -0.05) is 11.6 Å². The van der Waals surface area contributed by atoms with Gasteiger partial charge >= 0.3 is 6.61 Å². The minimum Gasteiger partial charge on any atom is -0.493 e. The van der Waals surface area contributed by atoms with Crippen LogP contribution in [0.5, 0.6) is 17.2 Å². The topological polar surface area (TPSA) is 86.3 Å². The fourth-order valence-electron chi connectivity index (χ4n) is 2.45. The Morgan fingerprint density at radius 3 is 2.74 bits per heavy atom. The van der Waals surface area contributed by atoms with E-state index in [1.54, 1.807) is 6.07 Å². The van der Waals surface area contributed by atoms with Gasteiger partial charge in [-0.25, -0.2) is 4.98 Å². The molecular formula is C16H14ClF2N3O4S. The number of hydrogen-bond acceptors (Lipinski definition) is 6. The molecule has 27 heavy (non-hydrogen) atoms. The second-order valence-corrected chi connectivity index (χ2v) is 6.98. The van der Waals surface area contributed by atoms with Gasteiger partial charge in [0.05, 0.1) is 47.0 Å². The number of imidazole rings is 1. The van der Waals surface area contributed by atoms with Crippen molar-refractivity contribution in [3.8, 4) is 17.2 Å². The summed E-state index contributed by atoms with van der Waals surface area (Å²) in [4.78, 5) is 11.2. The fraction of sp³-hybridized carbons (Fsp3) is 0.250. The normalized spacial score (nSPS) is 12.4. The van der Waals surface area contributed by atoms with E-state index >= 15 is 0 Å². The van der Waals surface area contributed by atoms with Crippen molar-refractivity contribution in [3.63, 3.8) is 0 Å². The number of aromatic nitrogens is 3. The molecule has 1 aromatic carbocycles. The van der Waals surface area contributed by atoms with Crippen LogP contribution < -0.4 is 14.2 Å². The SMILES string of the molecule is COc1ccnc(CS(=O)c2nc3c(Cl)cc(OC(F)F)cc3[nH]2)c1OC. The van der Waals surface area contributed by atoms with Gasteiger partial charge in [0, 0.05) is 24.4 Å². The third-order valence-electron chi connectivity index (χ3n) is 3.57. The average Bonchev–Trinajstić information content (AvgIpc) is 3.05. The van der Waals surface area contributed by atoms with Gasteiger partial charge in [-0.05, 0) is 0 Å². The second-order valence-electron chi connectivity index (χ2n) is 5.20. The molecule has 2 heterocycles. The number of nitrogens with one attached hydrogen (secondary N) is 1. The zero-order valence-corrected chi connectivity index (χ0v) is 15.7. The van der Waals surface area contributed by atoms with Gasteiger partial charge in [-0.2, -0.15) is 8.78 Å². The third-order valence-corrected chi connectivity index (χ3v) is 5.02. The number of nitrogens with zero attached hydrogens (tertiary/aromatic N) is 2. The molecule has 3 rings (SSSR count). The Morgan fingerprint density at radius 1 is 1.30 bits per heavy atom. The Balaban J connectivity index is 1.92. The predicted octanol–water partition coefficient (Wildman–Crippen LogP) is 3.54. The number of benzene rings is 1. The van der Waals surface area contributed by atoms with Gasteiger partial charge in [0.1, 0.15) is 11.3 Å². The molecule has 144 valence electrons. The molecule has 0 radical (unpaired) electrons. The van der Waals surface area contributed by atoms with Crippen molar-refractivity contribution in [2.45, 2.75) is 17.5 Å². The maximum atomic E-state index is 12.7. The van der Waals surface area contributed by atoms with Crippen LogP contribution in [0, 0.1) is 0 Å². The molecule has 2 aromatic heterocycles. The van der Waals surface area contributed by atoms with Crippen LogP contribution in [0.2, 0.25) is 5.02 Å². The highest BCUT2D eigenvalue weighted by atomic mass is 35.5. The van der Waals surface area contributed by atoms with E-state index in [4.69, 9.17) is 21.1 Å². The summed E-state index contributed by atoms with van der Waals surface area (Å²) in [7, 11) is 1.31. The molecule has 0 spiro atoms. The first-order chi connectivity index (χ1) is 12.9. The molecule has 3 aromatic rings. The highest BCUT2D eigenvalue weighted by molar-refractivity contribution is 7.84. The number of rotatable bonds is 7. The van der Waals surface area contributed by atoms with Crippen LogP contribution in [0.15, 0.2) is 29.6 Å². The van der Waals surface area contributed by atoms with Gasteiger partial charge < -0.3 is 19.2 Å². The molecule has 0 amide bonds. The van der Waals surface area contributed by atoms with Crippen LogP contribution in [0.25, 0.3) is 11.0 Å². The molecule has 7 nitrogen and oxygen atoms in total. The standard InChI is InChI=1S/C16H14ClF2N3O4S/c1-24-12-3-4-20-11(14(12)25-2)7-27(23)16-21-10-6-8(26-15(18)19)5-9(17)13(10)22-16/h3-6,15H,7H2,1-2H3,(H,21,22). The van der Waals surface area contributed by atoms with Crippen molar-refractivity contribution < 1.29 is 27.2 Å². The summed E-state index contributed by atoms with van der Waals surface area (Å²) >= 11 is 6.06. The molecule has 11 heteroatoms. The molecule has 0 saturated carbocycles. The minimum atomic E-state index is -2.98. The lowest BCUT2D eigenvalue weighted by Crippen LogP contribution is -2.04. The number of alkyl halides is 2. The number of fused-ring (bicyclic) bond motifs is 1. The summed E-state index contributed by atoms with van der Waals surface area (Å²) in [5.74, 6) is 0.703. The maximum absolute atomic E-state index is 12.7. The molecule has 0 aliphatic rings. The number of ether oxygens (including phenoxy) is 3. The summed E-state index contributed by atoms with van der Waals surface area (Å²) in [6.45, 7) is -2.98. The quantitative estimate of drug-likeness (QED) is 0.632. The van der Waals surface area contributed by atoms with Crippen molar-refractivity contribution >= 4 is 33.4 Å². The molecule has 0 saturated heterocycles. The molecule has 0 fully saturated rings. The summed E-state index contributed by atoms with van der Waals surface area (Å²) in [6.07, 6.45) is 1.51. The highest BCUT2D eigenvalue weighted by Crippen LogP contribution is 2.32. The molecule has 0 bridgehead atoms. The van der Waals surface area contributed by atoms with E-state index in [0.717, 1.165) is 0 Å². The van der Waals surface area contributed by atoms with E-state index in [2.05, 4.69) is 19.7 Å². The Bertz CT molecular complexity index is 999. The fourth-order valence-corrected chi connectivity index (χ4v) is 3.71. The lowest BCUT2D eigenvalue weighted by molar-refractivity contribution is -0.0497. The zero-order chi connectivity index (χ0) is 19.6. The maximum Gasteiger partial charge on any atom is 0.387 e. The van der Waals surface area contributed by atoms with Crippen molar-refractivity contribution in [1.82, 2.24) is 15.0 Å². The third kappa shape index (κ3) is 4.11. The monoisotopic (exact) mass is 417 g/mol. The molecular weight excluding hydrogens is 404 g/mol. The van der Waals surface area contributed by atoms with Crippen LogP contribution in [0.3, 0.4) is 0 Å². The predicted molar refractivity (Wildman–Crippen MR) is 95.2 cm³/mol. The van der Waals surface area contributed by atoms with Crippen LogP contribution >= 0.6 is 11.6 Å². The number of aromatic amines is 1. The van der Waals surface area contributed by atoms with Crippen molar-refractivity contribution in [3.05, 3.63) is 35.1 Å². The van der Waals surface area contributed by atoms with Crippen molar-refractivity contribution in [2.75, 3.05) is 14.2 Å². The Labute approximate surface area is 160 Å². The molecule has 1 N–H and O–H groups in total. The second kappa shape index (κ2) is 8.05. The first kappa shape index (κ1) is 19.3.